The lowest BCUT2D eigenvalue weighted by Gasteiger charge is -2.17. The fourth-order valence-electron chi connectivity index (χ4n) is 2.90. The molecule has 1 aliphatic rings. The highest BCUT2D eigenvalue weighted by atomic mass is 16.5. The maximum absolute atomic E-state index is 12.6. The third kappa shape index (κ3) is 3.39. The summed E-state index contributed by atoms with van der Waals surface area (Å²) in [5, 5.41) is 9.38. The summed E-state index contributed by atoms with van der Waals surface area (Å²) in [6.07, 6.45) is 6.52. The fourth-order valence-corrected chi connectivity index (χ4v) is 2.90. The van der Waals surface area contributed by atoms with Crippen molar-refractivity contribution in [1.82, 2.24) is 0 Å². The molecule has 0 aromatic heterocycles. The van der Waals surface area contributed by atoms with Gasteiger partial charge in [-0.15, -0.1) is 0 Å². The van der Waals surface area contributed by atoms with Crippen molar-refractivity contribution in [3.05, 3.63) is 29.8 Å². The predicted octanol–water partition coefficient (Wildman–Crippen LogP) is 3.84. The van der Waals surface area contributed by atoms with Crippen molar-refractivity contribution in [3.8, 4) is 11.8 Å². The highest BCUT2D eigenvalue weighted by Gasteiger charge is 2.28. The SMILES string of the molecule is COc1ccc(C(C#N)C(=O)C2CCCCCC2)cc1. The molecule has 1 fully saturated rings. The van der Waals surface area contributed by atoms with E-state index >= 15 is 0 Å². The van der Waals surface area contributed by atoms with E-state index in [0.29, 0.717) is 0 Å². The van der Waals surface area contributed by atoms with E-state index in [1.165, 1.54) is 12.8 Å². The van der Waals surface area contributed by atoms with Gasteiger partial charge < -0.3 is 4.74 Å². The summed E-state index contributed by atoms with van der Waals surface area (Å²) in [7, 11) is 1.60. The molecule has 0 spiro atoms. The number of carbonyl (C=O) groups excluding carboxylic acids is 1. The van der Waals surface area contributed by atoms with Crippen molar-refractivity contribution in [2.45, 2.75) is 44.4 Å². The summed E-state index contributed by atoms with van der Waals surface area (Å²) in [6.45, 7) is 0. The molecule has 0 bridgehead atoms. The maximum atomic E-state index is 12.6. The van der Waals surface area contributed by atoms with Crippen molar-refractivity contribution < 1.29 is 9.53 Å². The van der Waals surface area contributed by atoms with Gasteiger partial charge in [0.25, 0.3) is 0 Å². The minimum absolute atomic E-state index is 0.0595. The zero-order chi connectivity index (χ0) is 14.4. The Kier molecular flexibility index (Phi) is 5.17. The number of hydrogen-bond acceptors (Lipinski definition) is 3. The van der Waals surface area contributed by atoms with Gasteiger partial charge in [-0.1, -0.05) is 37.8 Å². The molecule has 106 valence electrons. The van der Waals surface area contributed by atoms with Crippen LogP contribution in [0, 0.1) is 17.2 Å². The Labute approximate surface area is 120 Å². The van der Waals surface area contributed by atoms with Crippen LogP contribution in [0.1, 0.15) is 50.0 Å². The summed E-state index contributed by atoms with van der Waals surface area (Å²) < 4.78 is 5.11. The molecule has 1 aromatic carbocycles. The number of nitriles is 1. The van der Waals surface area contributed by atoms with E-state index < -0.39 is 5.92 Å². The van der Waals surface area contributed by atoms with Crippen LogP contribution in [0.2, 0.25) is 0 Å². The number of Topliss-reactive ketones (excluding diaryl/α,β-unsaturated/α-hetero) is 1. The lowest BCUT2D eigenvalue weighted by Crippen LogP contribution is -2.21. The monoisotopic (exact) mass is 271 g/mol. The second-order valence-corrected chi connectivity index (χ2v) is 5.43. The fraction of sp³-hybridized carbons (Fsp3) is 0.529. The zero-order valence-corrected chi connectivity index (χ0v) is 12.0. The lowest BCUT2D eigenvalue weighted by molar-refractivity contribution is -0.123. The molecular weight excluding hydrogens is 250 g/mol. The second-order valence-electron chi connectivity index (χ2n) is 5.43. The van der Waals surface area contributed by atoms with Gasteiger partial charge in [0, 0.05) is 5.92 Å². The molecule has 0 N–H and O–H groups in total. The first kappa shape index (κ1) is 14.6. The first-order valence-electron chi connectivity index (χ1n) is 7.33. The third-order valence-electron chi connectivity index (χ3n) is 4.12. The van der Waals surface area contributed by atoms with Crippen LogP contribution in [0.4, 0.5) is 0 Å². The van der Waals surface area contributed by atoms with E-state index in [4.69, 9.17) is 4.74 Å². The van der Waals surface area contributed by atoms with Crippen LogP contribution in [-0.2, 0) is 4.79 Å². The quantitative estimate of drug-likeness (QED) is 0.782. The zero-order valence-electron chi connectivity index (χ0n) is 12.0. The Morgan fingerprint density at radius 1 is 1.20 bits per heavy atom. The van der Waals surface area contributed by atoms with Crippen molar-refractivity contribution in [1.29, 1.82) is 5.26 Å². The summed E-state index contributed by atoms with van der Waals surface area (Å²) in [5.74, 6) is 0.264. The summed E-state index contributed by atoms with van der Waals surface area (Å²) >= 11 is 0. The van der Waals surface area contributed by atoms with E-state index in [2.05, 4.69) is 6.07 Å². The van der Waals surface area contributed by atoms with E-state index in [-0.39, 0.29) is 11.7 Å². The molecule has 1 aromatic rings. The van der Waals surface area contributed by atoms with E-state index in [0.717, 1.165) is 37.0 Å². The van der Waals surface area contributed by atoms with Crippen LogP contribution < -0.4 is 4.74 Å². The highest BCUT2D eigenvalue weighted by Crippen LogP contribution is 2.30. The van der Waals surface area contributed by atoms with Gasteiger partial charge in [0.15, 0.2) is 5.78 Å². The number of ether oxygens (including phenoxy) is 1. The van der Waals surface area contributed by atoms with Gasteiger partial charge in [-0.05, 0) is 30.5 Å². The molecule has 0 saturated heterocycles. The van der Waals surface area contributed by atoms with E-state index in [1.54, 1.807) is 19.2 Å². The van der Waals surface area contributed by atoms with Gasteiger partial charge in [0.1, 0.15) is 11.7 Å². The molecule has 1 saturated carbocycles. The highest BCUT2D eigenvalue weighted by molar-refractivity contribution is 5.90. The number of rotatable bonds is 4. The standard InChI is InChI=1S/C17H21NO2/c1-20-15-10-8-13(9-11-15)16(12-18)17(19)14-6-4-2-3-5-7-14/h8-11,14,16H,2-7H2,1H3. The first-order chi connectivity index (χ1) is 9.76. The van der Waals surface area contributed by atoms with Gasteiger partial charge in [-0.25, -0.2) is 0 Å². The normalized spacial score (nSPS) is 17.8. The van der Waals surface area contributed by atoms with Gasteiger partial charge in [0.05, 0.1) is 13.2 Å². The molecule has 1 atom stereocenters. The average molecular weight is 271 g/mol. The molecule has 20 heavy (non-hydrogen) atoms. The van der Waals surface area contributed by atoms with Crippen LogP contribution in [0.3, 0.4) is 0 Å². The van der Waals surface area contributed by atoms with Crippen LogP contribution in [0.15, 0.2) is 24.3 Å². The number of hydrogen-bond donors (Lipinski definition) is 0. The molecule has 3 nitrogen and oxygen atoms in total. The van der Waals surface area contributed by atoms with Crippen molar-refractivity contribution in [2.24, 2.45) is 5.92 Å². The number of carbonyl (C=O) groups is 1. The Hall–Kier alpha value is -1.82. The Bertz CT molecular complexity index is 479. The van der Waals surface area contributed by atoms with Gasteiger partial charge in [-0.3, -0.25) is 4.79 Å². The lowest BCUT2D eigenvalue weighted by atomic mass is 9.84. The topological polar surface area (TPSA) is 50.1 Å². The van der Waals surface area contributed by atoms with Gasteiger partial charge in [0.2, 0.25) is 0 Å². The molecular formula is C17H21NO2. The summed E-state index contributed by atoms with van der Waals surface area (Å²) in [5.41, 5.74) is 0.780. The van der Waals surface area contributed by atoms with Crippen molar-refractivity contribution >= 4 is 5.78 Å². The molecule has 3 heteroatoms. The smallest absolute Gasteiger partial charge is 0.157 e. The third-order valence-corrected chi connectivity index (χ3v) is 4.12. The van der Waals surface area contributed by atoms with Crippen LogP contribution >= 0.6 is 0 Å². The number of benzene rings is 1. The molecule has 1 unspecified atom stereocenters. The average Bonchev–Trinajstić information content (AvgIpc) is 2.77. The van der Waals surface area contributed by atoms with Crippen LogP contribution in [0.5, 0.6) is 5.75 Å². The molecule has 2 rings (SSSR count). The number of nitrogens with zero attached hydrogens (tertiary/aromatic N) is 1. The maximum Gasteiger partial charge on any atom is 0.157 e. The van der Waals surface area contributed by atoms with Crippen molar-refractivity contribution in [3.63, 3.8) is 0 Å². The summed E-state index contributed by atoms with van der Waals surface area (Å²) in [6, 6.07) is 9.44. The Balaban J connectivity index is 2.13. The molecule has 0 aliphatic heterocycles. The van der Waals surface area contributed by atoms with E-state index in [1.807, 2.05) is 12.1 Å². The Morgan fingerprint density at radius 3 is 2.30 bits per heavy atom. The largest absolute Gasteiger partial charge is 0.497 e. The summed E-state index contributed by atoms with van der Waals surface area (Å²) in [4.78, 5) is 12.6. The number of ketones is 1. The minimum Gasteiger partial charge on any atom is -0.497 e. The van der Waals surface area contributed by atoms with E-state index in [9.17, 15) is 10.1 Å². The molecule has 0 heterocycles. The predicted molar refractivity (Wildman–Crippen MR) is 77.5 cm³/mol. The van der Waals surface area contributed by atoms with Gasteiger partial charge >= 0.3 is 0 Å². The molecule has 1 aliphatic carbocycles. The molecule has 0 amide bonds. The minimum atomic E-state index is -0.635. The van der Waals surface area contributed by atoms with Crippen molar-refractivity contribution in [2.75, 3.05) is 7.11 Å². The molecule has 0 radical (unpaired) electrons. The van der Waals surface area contributed by atoms with Gasteiger partial charge in [-0.2, -0.15) is 5.26 Å². The first-order valence-corrected chi connectivity index (χ1v) is 7.33. The van der Waals surface area contributed by atoms with Crippen LogP contribution in [0.25, 0.3) is 0 Å². The second kappa shape index (κ2) is 7.09. The Morgan fingerprint density at radius 2 is 1.80 bits per heavy atom. The van der Waals surface area contributed by atoms with Crippen LogP contribution in [-0.4, -0.2) is 12.9 Å². The number of methoxy groups -OCH3 is 1.